The van der Waals surface area contributed by atoms with Crippen molar-refractivity contribution in [1.82, 2.24) is 0 Å². The maximum atomic E-state index is 4.20. The molecule has 5 rings (SSSR count). The number of hydrogen-bond donors (Lipinski definition) is 0. The largest absolute Gasteiger partial charge is 0.0998 e. The van der Waals surface area contributed by atoms with Crippen molar-refractivity contribution in [3.8, 4) is 0 Å². The van der Waals surface area contributed by atoms with E-state index in [0.29, 0.717) is 23.1 Å². The predicted octanol–water partition coefficient (Wildman–Crippen LogP) is 12.0. The molecule has 4 fully saturated rings. The fourth-order valence-electron chi connectivity index (χ4n) is 11.1. The van der Waals surface area contributed by atoms with Crippen molar-refractivity contribution in [2.75, 3.05) is 0 Å². The molecule has 0 nitrogen and oxygen atoms in total. The van der Waals surface area contributed by atoms with Gasteiger partial charge in [-0.1, -0.05) is 133 Å². The lowest BCUT2D eigenvalue weighted by atomic mass is 9.34. The van der Waals surface area contributed by atoms with E-state index >= 15 is 0 Å². The van der Waals surface area contributed by atoms with Crippen LogP contribution in [0.1, 0.15) is 125 Å². The summed E-state index contributed by atoms with van der Waals surface area (Å²) in [5.41, 5.74) is 5.90. The Morgan fingerprint density at radius 1 is 0.946 bits per heavy atom. The molecular formula is C34H51I3. The number of alkyl halides is 3. The van der Waals surface area contributed by atoms with Gasteiger partial charge in [-0.05, 0) is 130 Å². The Morgan fingerprint density at radius 2 is 1.65 bits per heavy atom. The molecule has 0 N–H and O–H groups in total. The number of allylic oxidation sites excluding steroid dienone is 5. The molecule has 0 heterocycles. The standard InChI is InChI=1S/C34H51I3/c1-8-10-24(13-12-23(2)3)25-14-18-29(4)26-16-20-34(37)28-11-9-17-33(28,36)22-21-31(34,6)30(26,5)19-15-27(29)32(25,7)35/h13-14,26-28H,2,8-12,15-22H2,1,3-7H3/b24-13+/t26?,27?,28?,29?,30?,31-,32?,33?,34?/m0/s1. The molecular weight excluding hydrogens is 789 g/mol. The van der Waals surface area contributed by atoms with Gasteiger partial charge in [-0.2, -0.15) is 0 Å². The maximum absolute atomic E-state index is 4.20. The molecule has 8 unspecified atom stereocenters. The maximum Gasteiger partial charge on any atom is 0.0475 e. The normalized spacial score (nSPS) is 51.4. The van der Waals surface area contributed by atoms with E-state index in [4.69, 9.17) is 0 Å². The van der Waals surface area contributed by atoms with E-state index < -0.39 is 0 Å². The minimum absolute atomic E-state index is 0.220. The van der Waals surface area contributed by atoms with Crippen LogP contribution in [-0.4, -0.2) is 10.3 Å². The van der Waals surface area contributed by atoms with Crippen molar-refractivity contribution in [3.05, 3.63) is 35.5 Å². The minimum atomic E-state index is 0.220. The number of rotatable bonds is 5. The molecule has 9 atom stereocenters. The quantitative estimate of drug-likeness (QED) is 0.147. The van der Waals surface area contributed by atoms with Crippen molar-refractivity contribution in [2.45, 2.75) is 135 Å². The van der Waals surface area contributed by atoms with E-state index in [-0.39, 0.29) is 3.42 Å². The molecule has 0 radical (unpaired) electrons. The van der Waals surface area contributed by atoms with Crippen LogP contribution in [0.5, 0.6) is 0 Å². The molecule has 0 spiro atoms. The van der Waals surface area contributed by atoms with Crippen LogP contribution in [0.2, 0.25) is 0 Å². The monoisotopic (exact) mass is 840 g/mol. The zero-order valence-corrected chi connectivity index (χ0v) is 30.9. The Labute approximate surface area is 269 Å². The van der Waals surface area contributed by atoms with Crippen molar-refractivity contribution in [3.63, 3.8) is 0 Å². The molecule has 5 aliphatic carbocycles. The predicted molar refractivity (Wildman–Crippen MR) is 187 cm³/mol. The third kappa shape index (κ3) is 4.22. The third-order valence-corrected chi connectivity index (χ3v) is 18.7. The second-order valence-corrected chi connectivity index (χ2v) is 21.1. The first-order valence-corrected chi connectivity index (χ1v) is 18.5. The Morgan fingerprint density at radius 3 is 2.32 bits per heavy atom. The van der Waals surface area contributed by atoms with Gasteiger partial charge in [0.1, 0.15) is 0 Å². The first-order valence-electron chi connectivity index (χ1n) is 15.3. The van der Waals surface area contributed by atoms with Crippen molar-refractivity contribution < 1.29 is 0 Å². The summed E-state index contributed by atoms with van der Waals surface area (Å²) < 4.78 is 1.28. The Kier molecular flexibility index (Phi) is 8.08. The molecule has 0 aromatic heterocycles. The minimum Gasteiger partial charge on any atom is -0.0998 e. The summed E-state index contributed by atoms with van der Waals surface area (Å²) in [7, 11) is 0. The summed E-state index contributed by atoms with van der Waals surface area (Å²) in [5.74, 6) is 2.54. The van der Waals surface area contributed by atoms with E-state index in [2.05, 4.69) is 128 Å². The van der Waals surface area contributed by atoms with Gasteiger partial charge in [-0.3, -0.25) is 0 Å². The SMILES string of the molecule is C=C(C)C/C=C(\CCC)C1=CCC2(C)C(CCC3(C)C2CCC2(I)C4CCCC4(I)CC[C@@]32C)C1(C)I. The van der Waals surface area contributed by atoms with Gasteiger partial charge in [-0.15, -0.1) is 0 Å². The van der Waals surface area contributed by atoms with Gasteiger partial charge < -0.3 is 0 Å². The van der Waals surface area contributed by atoms with Crippen LogP contribution in [0.15, 0.2) is 35.5 Å². The molecule has 0 bridgehead atoms. The van der Waals surface area contributed by atoms with Crippen LogP contribution >= 0.6 is 67.8 Å². The topological polar surface area (TPSA) is 0 Å². The van der Waals surface area contributed by atoms with Crippen LogP contribution in [0.3, 0.4) is 0 Å². The highest BCUT2D eigenvalue weighted by atomic mass is 127. The van der Waals surface area contributed by atoms with Gasteiger partial charge in [0, 0.05) is 10.3 Å². The van der Waals surface area contributed by atoms with Crippen LogP contribution in [0.4, 0.5) is 0 Å². The van der Waals surface area contributed by atoms with Gasteiger partial charge in [0.15, 0.2) is 0 Å². The molecule has 0 saturated heterocycles. The van der Waals surface area contributed by atoms with Gasteiger partial charge in [0.05, 0.1) is 0 Å². The van der Waals surface area contributed by atoms with Crippen LogP contribution in [0, 0.1) is 34.0 Å². The van der Waals surface area contributed by atoms with Gasteiger partial charge in [0.25, 0.3) is 0 Å². The number of halogens is 3. The molecule has 5 aliphatic rings. The Balaban J connectivity index is 1.53. The zero-order valence-electron chi connectivity index (χ0n) is 24.4. The molecule has 0 aromatic rings. The van der Waals surface area contributed by atoms with E-state index in [1.807, 2.05) is 0 Å². The van der Waals surface area contributed by atoms with E-state index in [9.17, 15) is 0 Å². The van der Waals surface area contributed by atoms with Crippen molar-refractivity contribution in [2.24, 2.45) is 34.0 Å². The highest BCUT2D eigenvalue weighted by Crippen LogP contribution is 2.79. The summed E-state index contributed by atoms with van der Waals surface area (Å²) in [5, 5.41) is 0. The lowest BCUT2D eigenvalue weighted by molar-refractivity contribution is -0.186. The van der Waals surface area contributed by atoms with Gasteiger partial charge >= 0.3 is 0 Å². The fraction of sp³-hybridized carbons (Fsp3) is 0.824. The van der Waals surface area contributed by atoms with Crippen LogP contribution in [-0.2, 0) is 0 Å². The summed E-state index contributed by atoms with van der Waals surface area (Å²) in [6, 6.07) is 0. The average molecular weight is 840 g/mol. The lowest BCUT2D eigenvalue weighted by Crippen LogP contribution is -2.70. The number of fused-ring (bicyclic) bond motifs is 7. The third-order valence-electron chi connectivity index (χ3n) is 13.1. The second-order valence-electron chi connectivity index (χ2n) is 14.8. The van der Waals surface area contributed by atoms with E-state index in [1.165, 1.54) is 82.6 Å². The molecule has 4 saturated carbocycles. The van der Waals surface area contributed by atoms with E-state index in [0.717, 1.165) is 24.2 Å². The van der Waals surface area contributed by atoms with Gasteiger partial charge in [-0.25, -0.2) is 0 Å². The smallest absolute Gasteiger partial charge is 0.0475 e. The molecule has 208 valence electrons. The first kappa shape index (κ1) is 29.9. The molecule has 0 aromatic carbocycles. The molecule has 37 heavy (non-hydrogen) atoms. The Hall–Kier alpha value is 1.41. The molecule has 3 heteroatoms. The first-order chi connectivity index (χ1) is 17.2. The van der Waals surface area contributed by atoms with Crippen LogP contribution < -0.4 is 0 Å². The summed E-state index contributed by atoms with van der Waals surface area (Å²) in [6.07, 6.45) is 23.1. The second kappa shape index (κ2) is 10.0. The fourth-order valence-corrected chi connectivity index (χ4v) is 16.8. The van der Waals surface area contributed by atoms with Gasteiger partial charge in [0.2, 0.25) is 0 Å². The highest BCUT2D eigenvalue weighted by molar-refractivity contribution is 14.1. The Bertz CT molecular complexity index is 1010. The van der Waals surface area contributed by atoms with Crippen molar-refractivity contribution >= 4 is 67.8 Å². The average Bonchev–Trinajstić information content (AvgIpc) is 3.21. The summed E-state index contributed by atoms with van der Waals surface area (Å²) in [6.45, 7) is 19.6. The zero-order chi connectivity index (χ0) is 27.1. The lowest BCUT2D eigenvalue weighted by Gasteiger charge is -2.74. The van der Waals surface area contributed by atoms with E-state index in [1.54, 1.807) is 11.1 Å². The van der Waals surface area contributed by atoms with Crippen LogP contribution in [0.25, 0.3) is 0 Å². The molecule has 0 amide bonds. The number of hydrogen-bond acceptors (Lipinski definition) is 0. The van der Waals surface area contributed by atoms with Crippen molar-refractivity contribution in [1.29, 1.82) is 0 Å². The highest BCUT2D eigenvalue weighted by Gasteiger charge is 2.73. The molecule has 0 aliphatic heterocycles. The summed E-state index contributed by atoms with van der Waals surface area (Å²) in [4.78, 5) is 0. The summed E-state index contributed by atoms with van der Waals surface area (Å²) >= 11 is 8.92.